The number of amides is 1. The molecule has 1 amide bonds. The van der Waals surface area contributed by atoms with Crippen LogP contribution in [-0.4, -0.2) is 87.5 Å². The van der Waals surface area contributed by atoms with Crippen LogP contribution in [0.15, 0.2) is 12.2 Å². The smallest absolute Gasteiger partial charge is 0.220 e. The largest absolute Gasteiger partial charge is 0.394 e. The molecule has 1 heterocycles. The van der Waals surface area contributed by atoms with Crippen LogP contribution in [0.5, 0.6) is 0 Å². The molecule has 7 unspecified atom stereocenters. The van der Waals surface area contributed by atoms with Crippen LogP contribution in [0, 0.1) is 0 Å². The minimum absolute atomic E-state index is 0.172. The average molecular weight is 868 g/mol. The third kappa shape index (κ3) is 33.1. The van der Waals surface area contributed by atoms with E-state index in [1.165, 1.54) is 199 Å². The molecule has 0 aromatic carbocycles. The molecule has 362 valence electrons. The van der Waals surface area contributed by atoms with Gasteiger partial charge in [-0.1, -0.05) is 244 Å². The van der Waals surface area contributed by atoms with Gasteiger partial charge in [-0.15, -0.1) is 0 Å². The number of unbranched alkanes of at least 4 members (excludes halogenated alkanes) is 35. The number of hydrogen-bond acceptors (Lipinski definition) is 8. The van der Waals surface area contributed by atoms with E-state index >= 15 is 0 Å². The van der Waals surface area contributed by atoms with E-state index in [2.05, 4.69) is 19.2 Å². The van der Waals surface area contributed by atoms with E-state index in [1.54, 1.807) is 6.08 Å². The predicted molar refractivity (Wildman–Crippen MR) is 254 cm³/mol. The summed E-state index contributed by atoms with van der Waals surface area (Å²) in [6.07, 6.45) is 44.2. The first-order chi connectivity index (χ1) is 29.8. The first-order valence-electron chi connectivity index (χ1n) is 26.4. The SMILES string of the molecule is CCCCCCCCCCCC/C=C/C(O)C(COC1OC(CO)C(O)C(O)C1O)NC(=O)CCCCCCCCCCCCCCCCCCCCCCCCCCCC. The molecule has 1 saturated heterocycles. The highest BCUT2D eigenvalue weighted by atomic mass is 16.7. The Kier molecular flexibility index (Phi) is 40.7. The summed E-state index contributed by atoms with van der Waals surface area (Å²) in [4.78, 5) is 13.0. The van der Waals surface area contributed by atoms with E-state index in [4.69, 9.17) is 9.47 Å². The molecule has 0 spiro atoms. The molecule has 0 radical (unpaired) electrons. The molecule has 9 heteroatoms. The highest BCUT2D eigenvalue weighted by Gasteiger charge is 2.44. The first-order valence-corrected chi connectivity index (χ1v) is 26.4. The van der Waals surface area contributed by atoms with Gasteiger partial charge in [0.25, 0.3) is 0 Å². The van der Waals surface area contributed by atoms with Crippen LogP contribution >= 0.6 is 0 Å². The topological polar surface area (TPSA) is 149 Å². The van der Waals surface area contributed by atoms with Gasteiger partial charge in [0, 0.05) is 6.42 Å². The molecule has 0 aliphatic carbocycles. The molecule has 1 fully saturated rings. The number of carbonyl (C=O) groups is 1. The Bertz CT molecular complexity index is 966. The molecule has 1 aliphatic rings. The summed E-state index contributed by atoms with van der Waals surface area (Å²) < 4.78 is 11.2. The number of carbonyl (C=O) groups excluding carboxylic acids is 1. The highest BCUT2D eigenvalue weighted by molar-refractivity contribution is 5.76. The quantitative estimate of drug-likeness (QED) is 0.0262. The summed E-state index contributed by atoms with van der Waals surface area (Å²) in [7, 11) is 0. The fraction of sp³-hybridized carbons (Fsp3) is 0.942. The molecule has 9 nitrogen and oxygen atoms in total. The normalized spacial score (nSPS) is 20.4. The number of hydrogen-bond donors (Lipinski definition) is 6. The maximum absolute atomic E-state index is 13.0. The zero-order valence-electron chi connectivity index (χ0n) is 39.9. The summed E-state index contributed by atoms with van der Waals surface area (Å²) >= 11 is 0. The lowest BCUT2D eigenvalue weighted by atomic mass is 9.99. The van der Waals surface area contributed by atoms with Crippen molar-refractivity contribution in [3.05, 3.63) is 12.2 Å². The first kappa shape index (κ1) is 57.9. The van der Waals surface area contributed by atoms with Crippen molar-refractivity contribution in [3.63, 3.8) is 0 Å². The number of rotatable bonds is 45. The highest BCUT2D eigenvalue weighted by Crippen LogP contribution is 2.23. The van der Waals surface area contributed by atoms with Gasteiger partial charge in [-0.25, -0.2) is 0 Å². The fourth-order valence-corrected chi connectivity index (χ4v) is 8.63. The van der Waals surface area contributed by atoms with Crippen LogP contribution in [0.4, 0.5) is 0 Å². The zero-order chi connectivity index (χ0) is 44.4. The minimum atomic E-state index is -1.56. The van der Waals surface area contributed by atoms with Gasteiger partial charge in [-0.3, -0.25) is 4.79 Å². The summed E-state index contributed by atoms with van der Waals surface area (Å²) in [6.45, 7) is 3.79. The standard InChI is InChI=1S/C52H101NO8/c1-3-5-7-9-11-13-15-17-18-19-20-21-22-23-24-25-26-27-28-29-30-32-34-36-38-40-42-48(56)53-45(44-60-52-51(59)50(58)49(57)47(43-54)61-52)46(55)41-39-37-35-33-31-16-14-12-10-8-6-4-2/h39,41,45-47,49-52,54-55,57-59H,3-38,40,42-44H2,1-2H3,(H,53,56)/b41-39+. The van der Waals surface area contributed by atoms with Crippen molar-refractivity contribution in [2.45, 2.75) is 301 Å². The van der Waals surface area contributed by atoms with Crippen LogP contribution in [0.1, 0.15) is 258 Å². The zero-order valence-corrected chi connectivity index (χ0v) is 39.9. The minimum Gasteiger partial charge on any atom is -0.394 e. The lowest BCUT2D eigenvalue weighted by Crippen LogP contribution is -2.60. The Morgan fingerprint density at radius 3 is 1.28 bits per heavy atom. The molecule has 0 saturated carbocycles. The van der Waals surface area contributed by atoms with Crippen molar-refractivity contribution < 1.29 is 39.8 Å². The number of ether oxygens (including phenoxy) is 2. The Balaban J connectivity index is 2.18. The molecular weight excluding hydrogens is 767 g/mol. The molecule has 1 aliphatic heterocycles. The molecule has 0 aromatic heterocycles. The van der Waals surface area contributed by atoms with Crippen molar-refractivity contribution in [2.24, 2.45) is 0 Å². The number of nitrogens with one attached hydrogen (secondary N) is 1. The van der Waals surface area contributed by atoms with Crippen molar-refractivity contribution in [1.29, 1.82) is 0 Å². The van der Waals surface area contributed by atoms with Crippen LogP contribution in [0.2, 0.25) is 0 Å². The van der Waals surface area contributed by atoms with Crippen molar-refractivity contribution in [2.75, 3.05) is 13.2 Å². The maximum atomic E-state index is 13.0. The van der Waals surface area contributed by atoms with Gasteiger partial charge < -0.3 is 40.3 Å². The Morgan fingerprint density at radius 1 is 0.541 bits per heavy atom. The summed E-state index contributed by atoms with van der Waals surface area (Å²) in [5.41, 5.74) is 0. The van der Waals surface area contributed by atoms with E-state index in [9.17, 15) is 30.3 Å². The van der Waals surface area contributed by atoms with Crippen molar-refractivity contribution in [1.82, 2.24) is 5.32 Å². The van der Waals surface area contributed by atoms with E-state index < -0.39 is 49.5 Å². The molecule has 7 atom stereocenters. The molecule has 61 heavy (non-hydrogen) atoms. The summed E-state index contributed by atoms with van der Waals surface area (Å²) in [5, 5.41) is 54.3. The van der Waals surface area contributed by atoms with Gasteiger partial charge >= 0.3 is 0 Å². The van der Waals surface area contributed by atoms with Gasteiger partial charge in [-0.05, 0) is 19.3 Å². The summed E-state index contributed by atoms with van der Waals surface area (Å²) in [5.74, 6) is -0.172. The Hall–Kier alpha value is -1.07. The van der Waals surface area contributed by atoms with Crippen LogP contribution in [0.3, 0.4) is 0 Å². The number of aliphatic hydroxyl groups excluding tert-OH is 5. The molecule has 0 bridgehead atoms. The van der Waals surface area contributed by atoms with Crippen LogP contribution < -0.4 is 5.32 Å². The van der Waals surface area contributed by atoms with Crippen LogP contribution in [0.25, 0.3) is 0 Å². The Morgan fingerprint density at radius 2 is 0.902 bits per heavy atom. The third-order valence-electron chi connectivity index (χ3n) is 12.9. The van der Waals surface area contributed by atoms with Gasteiger partial charge in [0.15, 0.2) is 6.29 Å². The second kappa shape index (κ2) is 42.9. The van der Waals surface area contributed by atoms with E-state index in [-0.39, 0.29) is 12.5 Å². The second-order valence-corrected chi connectivity index (χ2v) is 18.7. The van der Waals surface area contributed by atoms with E-state index in [0.717, 1.165) is 38.5 Å². The molecule has 0 aromatic rings. The van der Waals surface area contributed by atoms with E-state index in [0.29, 0.717) is 6.42 Å². The van der Waals surface area contributed by atoms with Gasteiger partial charge in [-0.2, -0.15) is 0 Å². The molecule has 1 rings (SSSR count). The molecular formula is C52H101NO8. The summed E-state index contributed by atoms with van der Waals surface area (Å²) in [6, 6.07) is -0.798. The number of allylic oxidation sites excluding steroid dienone is 1. The average Bonchev–Trinajstić information content (AvgIpc) is 3.26. The number of aliphatic hydroxyl groups is 5. The lowest BCUT2D eigenvalue weighted by Gasteiger charge is -2.40. The maximum Gasteiger partial charge on any atom is 0.220 e. The monoisotopic (exact) mass is 868 g/mol. The van der Waals surface area contributed by atoms with Gasteiger partial charge in [0.1, 0.15) is 24.4 Å². The third-order valence-corrected chi connectivity index (χ3v) is 12.9. The van der Waals surface area contributed by atoms with Gasteiger partial charge in [0.2, 0.25) is 5.91 Å². The van der Waals surface area contributed by atoms with Crippen LogP contribution in [-0.2, 0) is 14.3 Å². The second-order valence-electron chi connectivity index (χ2n) is 18.7. The van der Waals surface area contributed by atoms with E-state index in [1.807, 2.05) is 6.08 Å². The van der Waals surface area contributed by atoms with Crippen molar-refractivity contribution >= 4 is 5.91 Å². The van der Waals surface area contributed by atoms with Crippen molar-refractivity contribution in [3.8, 4) is 0 Å². The van der Waals surface area contributed by atoms with Gasteiger partial charge in [0.05, 0.1) is 25.4 Å². The molecule has 6 N–H and O–H groups in total. The Labute approximate surface area is 376 Å². The predicted octanol–water partition coefficient (Wildman–Crippen LogP) is 12.1. The fourth-order valence-electron chi connectivity index (χ4n) is 8.63. The lowest BCUT2D eigenvalue weighted by molar-refractivity contribution is -0.302.